The van der Waals surface area contributed by atoms with E-state index in [1.165, 1.54) is 5.56 Å². The zero-order chi connectivity index (χ0) is 24.1. The third-order valence-electron chi connectivity index (χ3n) is 6.32. The van der Waals surface area contributed by atoms with Gasteiger partial charge in [-0.05, 0) is 62.1 Å². The molecule has 0 saturated heterocycles. The van der Waals surface area contributed by atoms with E-state index >= 15 is 0 Å². The van der Waals surface area contributed by atoms with Gasteiger partial charge in [0.2, 0.25) is 0 Å². The van der Waals surface area contributed by atoms with E-state index in [0.717, 1.165) is 23.9 Å². The highest BCUT2D eigenvalue weighted by Crippen LogP contribution is 2.21. The summed E-state index contributed by atoms with van der Waals surface area (Å²) in [6.07, 6.45) is 4.12. The number of nitrogens with one attached hydrogen (secondary N) is 1. The average Bonchev–Trinajstić information content (AvgIpc) is 3.45. The average molecular weight is 459 g/mol. The van der Waals surface area contributed by atoms with Gasteiger partial charge in [0.15, 0.2) is 5.58 Å². The first-order chi connectivity index (χ1) is 16.4. The highest BCUT2D eigenvalue weighted by Gasteiger charge is 2.22. The molecular formula is C27H30N4O3. The largest absolute Gasteiger partial charge is 0.356 e. The first-order valence-corrected chi connectivity index (χ1v) is 11.5. The monoisotopic (exact) mass is 458 g/mol. The number of amides is 2. The van der Waals surface area contributed by atoms with Crippen LogP contribution in [-0.2, 0) is 13.5 Å². The SMILES string of the molecule is Cc1noc2cc(C(=O)N(C)C(CCNC(=O)c3cccn3C)CCc3ccccc3)ccc12. The molecular weight excluding hydrogens is 428 g/mol. The molecule has 2 aromatic heterocycles. The Morgan fingerprint density at radius 3 is 2.62 bits per heavy atom. The molecule has 0 spiro atoms. The molecule has 0 aliphatic carbocycles. The van der Waals surface area contributed by atoms with Gasteiger partial charge in [-0.3, -0.25) is 9.59 Å². The van der Waals surface area contributed by atoms with Gasteiger partial charge in [0.25, 0.3) is 11.8 Å². The lowest BCUT2D eigenvalue weighted by atomic mass is 10.0. The van der Waals surface area contributed by atoms with Crippen LogP contribution in [0.25, 0.3) is 11.0 Å². The summed E-state index contributed by atoms with van der Waals surface area (Å²) in [5.41, 5.74) is 3.80. The van der Waals surface area contributed by atoms with Gasteiger partial charge < -0.3 is 19.3 Å². The Kier molecular flexibility index (Phi) is 7.11. The normalized spacial score (nSPS) is 12.0. The summed E-state index contributed by atoms with van der Waals surface area (Å²) in [5, 5.41) is 7.88. The van der Waals surface area contributed by atoms with Crippen LogP contribution in [0.4, 0.5) is 0 Å². The fourth-order valence-electron chi connectivity index (χ4n) is 4.22. The first-order valence-electron chi connectivity index (χ1n) is 11.5. The second kappa shape index (κ2) is 10.4. The first kappa shape index (κ1) is 23.3. The number of aromatic nitrogens is 2. The smallest absolute Gasteiger partial charge is 0.267 e. The van der Waals surface area contributed by atoms with Crippen LogP contribution in [0.2, 0.25) is 0 Å². The number of hydrogen-bond donors (Lipinski definition) is 1. The molecule has 7 nitrogen and oxygen atoms in total. The van der Waals surface area contributed by atoms with E-state index in [2.05, 4.69) is 22.6 Å². The summed E-state index contributed by atoms with van der Waals surface area (Å²) in [6.45, 7) is 2.35. The minimum atomic E-state index is -0.116. The number of benzene rings is 2. The van der Waals surface area contributed by atoms with Crippen molar-refractivity contribution in [3.8, 4) is 0 Å². The second-order valence-electron chi connectivity index (χ2n) is 8.62. The third kappa shape index (κ3) is 5.20. The Morgan fingerprint density at radius 2 is 1.88 bits per heavy atom. The zero-order valence-electron chi connectivity index (χ0n) is 19.8. The molecule has 4 rings (SSSR count). The van der Waals surface area contributed by atoms with Gasteiger partial charge in [-0.25, -0.2) is 0 Å². The standard InChI is InChI=1S/C27H30N4O3/c1-19-23-14-12-21(18-25(23)34-29-19)27(33)31(3)22(13-11-20-8-5-4-6-9-20)15-16-28-26(32)24-10-7-17-30(24)2/h4-10,12,14,17-18,22H,11,13,15-16H2,1-3H3,(H,28,32). The fraction of sp³-hybridized carbons (Fsp3) is 0.296. The van der Waals surface area contributed by atoms with E-state index in [0.29, 0.717) is 29.8 Å². The van der Waals surface area contributed by atoms with Gasteiger partial charge in [-0.2, -0.15) is 0 Å². The van der Waals surface area contributed by atoms with Gasteiger partial charge in [0.05, 0.1) is 5.69 Å². The topological polar surface area (TPSA) is 80.4 Å². The summed E-state index contributed by atoms with van der Waals surface area (Å²) in [6, 6.07) is 19.3. The molecule has 2 heterocycles. The van der Waals surface area contributed by atoms with Crippen molar-refractivity contribution in [2.75, 3.05) is 13.6 Å². The van der Waals surface area contributed by atoms with Crippen LogP contribution in [0, 0.1) is 6.92 Å². The Labute approximate surface area is 199 Å². The van der Waals surface area contributed by atoms with E-state index in [-0.39, 0.29) is 17.9 Å². The molecule has 0 aliphatic rings. The number of carbonyl (C=O) groups is 2. The minimum absolute atomic E-state index is 0.0476. The quantitative estimate of drug-likeness (QED) is 0.404. The van der Waals surface area contributed by atoms with E-state index in [9.17, 15) is 9.59 Å². The van der Waals surface area contributed by atoms with Crippen LogP contribution >= 0.6 is 0 Å². The second-order valence-corrected chi connectivity index (χ2v) is 8.62. The Bertz CT molecular complexity index is 1280. The van der Waals surface area contributed by atoms with Crippen molar-refractivity contribution in [3.63, 3.8) is 0 Å². The van der Waals surface area contributed by atoms with Crippen molar-refractivity contribution < 1.29 is 14.1 Å². The van der Waals surface area contributed by atoms with Crippen molar-refractivity contribution in [2.45, 2.75) is 32.2 Å². The lowest BCUT2D eigenvalue weighted by Gasteiger charge is -2.29. The Hall–Kier alpha value is -3.87. The summed E-state index contributed by atoms with van der Waals surface area (Å²) < 4.78 is 7.14. The fourth-order valence-corrected chi connectivity index (χ4v) is 4.22. The van der Waals surface area contributed by atoms with Crippen LogP contribution in [0.3, 0.4) is 0 Å². The molecule has 0 bridgehead atoms. The van der Waals surface area contributed by atoms with E-state index in [1.807, 2.05) is 63.6 Å². The Balaban J connectivity index is 1.46. The lowest BCUT2D eigenvalue weighted by Crippen LogP contribution is -2.40. The van der Waals surface area contributed by atoms with Crippen LogP contribution in [0.5, 0.6) is 0 Å². The van der Waals surface area contributed by atoms with Crippen LogP contribution in [0.1, 0.15) is 44.9 Å². The van der Waals surface area contributed by atoms with Gasteiger partial charge in [-0.1, -0.05) is 35.5 Å². The van der Waals surface area contributed by atoms with E-state index in [1.54, 1.807) is 21.6 Å². The summed E-state index contributed by atoms with van der Waals surface area (Å²) in [5.74, 6) is -0.197. The van der Waals surface area contributed by atoms with Crippen molar-refractivity contribution >= 4 is 22.8 Å². The van der Waals surface area contributed by atoms with Gasteiger partial charge in [0, 0.05) is 43.8 Å². The predicted molar refractivity (Wildman–Crippen MR) is 132 cm³/mol. The highest BCUT2D eigenvalue weighted by molar-refractivity contribution is 5.97. The molecule has 7 heteroatoms. The number of hydrogen-bond acceptors (Lipinski definition) is 4. The summed E-state index contributed by atoms with van der Waals surface area (Å²) in [4.78, 5) is 27.6. The van der Waals surface area contributed by atoms with E-state index < -0.39 is 0 Å². The molecule has 4 aromatic rings. The zero-order valence-corrected chi connectivity index (χ0v) is 19.8. The van der Waals surface area contributed by atoms with Crippen LogP contribution < -0.4 is 5.32 Å². The lowest BCUT2D eigenvalue weighted by molar-refractivity contribution is 0.0715. The number of rotatable bonds is 9. The molecule has 1 atom stereocenters. The van der Waals surface area contributed by atoms with Gasteiger partial charge in [-0.15, -0.1) is 0 Å². The Morgan fingerprint density at radius 1 is 1.09 bits per heavy atom. The molecule has 1 N–H and O–H groups in total. The molecule has 2 aromatic carbocycles. The highest BCUT2D eigenvalue weighted by atomic mass is 16.5. The molecule has 0 aliphatic heterocycles. The van der Waals surface area contributed by atoms with Gasteiger partial charge in [0.1, 0.15) is 5.69 Å². The maximum Gasteiger partial charge on any atom is 0.267 e. The third-order valence-corrected chi connectivity index (χ3v) is 6.32. The van der Waals surface area contributed by atoms with Crippen LogP contribution in [-0.4, -0.2) is 46.1 Å². The maximum atomic E-state index is 13.3. The molecule has 34 heavy (non-hydrogen) atoms. The van der Waals surface area contributed by atoms with E-state index in [4.69, 9.17) is 4.52 Å². The van der Waals surface area contributed by atoms with Crippen molar-refractivity contribution in [2.24, 2.45) is 7.05 Å². The molecule has 0 saturated carbocycles. The molecule has 176 valence electrons. The molecule has 2 amide bonds. The van der Waals surface area contributed by atoms with Crippen molar-refractivity contribution in [3.05, 3.63) is 89.4 Å². The number of nitrogens with zero attached hydrogens (tertiary/aromatic N) is 3. The molecule has 0 radical (unpaired) electrons. The number of carbonyl (C=O) groups excluding carboxylic acids is 2. The molecule has 0 fully saturated rings. The molecule has 1 unspecified atom stereocenters. The maximum absolute atomic E-state index is 13.3. The van der Waals surface area contributed by atoms with Gasteiger partial charge >= 0.3 is 0 Å². The predicted octanol–water partition coefficient (Wildman–Crippen LogP) is 4.37. The van der Waals surface area contributed by atoms with Crippen molar-refractivity contribution in [1.29, 1.82) is 0 Å². The minimum Gasteiger partial charge on any atom is -0.356 e. The number of aryl methyl sites for hydroxylation is 3. The summed E-state index contributed by atoms with van der Waals surface area (Å²) >= 11 is 0. The van der Waals surface area contributed by atoms with Crippen molar-refractivity contribution in [1.82, 2.24) is 19.9 Å². The number of fused-ring (bicyclic) bond motifs is 1. The summed E-state index contributed by atoms with van der Waals surface area (Å²) in [7, 11) is 3.67. The van der Waals surface area contributed by atoms with Crippen LogP contribution in [0.15, 0.2) is 71.4 Å².